The second-order valence-electron chi connectivity index (χ2n) is 10.6. The number of H-pyrrole nitrogens is 1. The van der Waals surface area contributed by atoms with E-state index in [1.54, 1.807) is 0 Å². The lowest BCUT2D eigenvalue weighted by atomic mass is 9.69. The normalized spacial score (nSPS) is 14.9. The number of fused-ring (bicyclic) bond motifs is 1. The lowest BCUT2D eigenvalue weighted by molar-refractivity contribution is -0.120. The quantitative estimate of drug-likeness (QED) is 0.208. The number of aryl methyl sites for hydroxylation is 1. The molecule has 0 aliphatic heterocycles. The maximum absolute atomic E-state index is 12.6. The fourth-order valence-electron chi connectivity index (χ4n) is 5.99. The summed E-state index contributed by atoms with van der Waals surface area (Å²) < 4.78 is 0. The molecule has 2 N–H and O–H groups in total. The molecular formula is C35H32ClN3O. The summed E-state index contributed by atoms with van der Waals surface area (Å²) in [5.74, 6) is 1.33. The van der Waals surface area contributed by atoms with Crippen LogP contribution < -0.4 is 5.32 Å². The van der Waals surface area contributed by atoms with E-state index < -0.39 is 5.41 Å². The van der Waals surface area contributed by atoms with Crippen molar-refractivity contribution in [2.24, 2.45) is 5.92 Å². The molecule has 1 aromatic heterocycles. The fourth-order valence-corrected chi connectivity index (χ4v) is 6.11. The Labute approximate surface area is 240 Å². The predicted octanol–water partition coefficient (Wildman–Crippen LogP) is 6.91. The van der Waals surface area contributed by atoms with Crippen LogP contribution >= 0.6 is 11.6 Å². The van der Waals surface area contributed by atoms with Gasteiger partial charge < -0.3 is 10.3 Å². The first-order valence-electron chi connectivity index (χ1n) is 13.9. The molecule has 1 aliphatic rings. The third kappa shape index (κ3) is 5.20. The molecule has 4 aromatic carbocycles. The fraction of sp³-hybridized carbons (Fsp3) is 0.200. The zero-order chi connectivity index (χ0) is 27.4. The number of carbonyl (C=O) groups is 1. The van der Waals surface area contributed by atoms with Crippen LogP contribution in [-0.4, -0.2) is 22.4 Å². The van der Waals surface area contributed by atoms with Gasteiger partial charge in [0.2, 0.25) is 5.91 Å². The number of rotatable bonds is 8. The first-order valence-corrected chi connectivity index (χ1v) is 14.3. The molecular weight excluding hydrogens is 514 g/mol. The maximum Gasteiger partial charge on any atom is 0.224 e. The smallest absolute Gasteiger partial charge is 0.224 e. The Morgan fingerprint density at radius 3 is 1.93 bits per heavy atom. The summed E-state index contributed by atoms with van der Waals surface area (Å²) in [4.78, 5) is 21.7. The lowest BCUT2D eigenvalue weighted by Crippen LogP contribution is -2.33. The highest BCUT2D eigenvalue weighted by Gasteiger charge is 2.42. The van der Waals surface area contributed by atoms with Crippen LogP contribution in [0, 0.1) is 5.92 Å². The molecule has 0 bridgehead atoms. The number of halogens is 1. The van der Waals surface area contributed by atoms with Gasteiger partial charge >= 0.3 is 0 Å². The van der Waals surface area contributed by atoms with Crippen molar-refractivity contribution in [1.29, 1.82) is 0 Å². The van der Waals surface area contributed by atoms with Crippen LogP contribution in [0.15, 0.2) is 115 Å². The Kier molecular flexibility index (Phi) is 7.52. The maximum atomic E-state index is 12.6. The van der Waals surface area contributed by atoms with Crippen LogP contribution in [0.25, 0.3) is 0 Å². The van der Waals surface area contributed by atoms with Crippen molar-refractivity contribution in [1.82, 2.24) is 15.3 Å². The van der Waals surface area contributed by atoms with Gasteiger partial charge in [-0.1, -0.05) is 115 Å². The molecule has 1 unspecified atom stereocenters. The van der Waals surface area contributed by atoms with Crippen LogP contribution in [0.3, 0.4) is 0 Å². The summed E-state index contributed by atoms with van der Waals surface area (Å²) in [5, 5.41) is 3.83. The summed E-state index contributed by atoms with van der Waals surface area (Å²) in [7, 11) is 0. The molecule has 1 amide bonds. The third-order valence-corrected chi connectivity index (χ3v) is 8.24. The van der Waals surface area contributed by atoms with Crippen molar-refractivity contribution in [3.05, 3.63) is 160 Å². The van der Waals surface area contributed by atoms with Crippen LogP contribution in [0.5, 0.6) is 0 Å². The van der Waals surface area contributed by atoms with Crippen LogP contribution in [0.1, 0.15) is 45.9 Å². The van der Waals surface area contributed by atoms with E-state index in [9.17, 15) is 4.79 Å². The standard InChI is InChI=1S/C35H32ClN3O/c36-30-19-16-25(17-20-30)23-33(40)37-24-26-18-21-31-32(22-26)39-34(38-31)35(27-10-4-1-5-11-27,28-12-6-2-7-13-28)29-14-8-3-9-15-29/h1-17,19-20,26H,18,21-24H2,(H,37,40)(H,38,39). The molecule has 1 heterocycles. The van der Waals surface area contributed by atoms with Gasteiger partial charge in [0.15, 0.2) is 0 Å². The molecule has 1 aliphatic carbocycles. The highest BCUT2D eigenvalue weighted by molar-refractivity contribution is 6.30. The summed E-state index contributed by atoms with van der Waals surface area (Å²) in [6, 6.07) is 39.4. The van der Waals surface area contributed by atoms with E-state index in [0.717, 1.165) is 36.3 Å². The average Bonchev–Trinajstić information content (AvgIpc) is 3.43. The molecule has 5 heteroatoms. The number of aromatic nitrogens is 2. The van der Waals surface area contributed by atoms with E-state index in [0.29, 0.717) is 23.9 Å². The molecule has 0 fully saturated rings. The van der Waals surface area contributed by atoms with Gasteiger partial charge in [-0.15, -0.1) is 0 Å². The van der Waals surface area contributed by atoms with Gasteiger partial charge in [0, 0.05) is 17.3 Å². The van der Waals surface area contributed by atoms with Crippen LogP contribution in [0.4, 0.5) is 0 Å². The summed E-state index contributed by atoms with van der Waals surface area (Å²) in [5.41, 5.74) is 6.20. The number of nitrogens with zero attached hydrogens (tertiary/aromatic N) is 1. The summed E-state index contributed by atoms with van der Waals surface area (Å²) in [6.45, 7) is 0.654. The van der Waals surface area contributed by atoms with Gasteiger partial charge in [0.05, 0.1) is 12.1 Å². The first-order chi connectivity index (χ1) is 19.6. The largest absolute Gasteiger partial charge is 0.356 e. The minimum atomic E-state index is -0.580. The number of benzene rings is 4. The van der Waals surface area contributed by atoms with E-state index in [1.165, 1.54) is 22.4 Å². The Hall–Kier alpha value is -4.15. The summed E-state index contributed by atoms with van der Waals surface area (Å²) in [6.07, 6.45) is 3.10. The van der Waals surface area contributed by atoms with Gasteiger partial charge in [-0.05, 0) is 59.6 Å². The highest BCUT2D eigenvalue weighted by Crippen LogP contribution is 2.44. The van der Waals surface area contributed by atoms with Crippen LogP contribution in [0.2, 0.25) is 5.02 Å². The van der Waals surface area contributed by atoms with E-state index >= 15 is 0 Å². The topological polar surface area (TPSA) is 57.8 Å². The van der Waals surface area contributed by atoms with Gasteiger partial charge in [-0.25, -0.2) is 4.98 Å². The van der Waals surface area contributed by atoms with Gasteiger partial charge in [0.1, 0.15) is 11.2 Å². The van der Waals surface area contributed by atoms with Crippen molar-refractivity contribution in [3.63, 3.8) is 0 Å². The molecule has 200 valence electrons. The molecule has 4 nitrogen and oxygen atoms in total. The van der Waals surface area contributed by atoms with E-state index in [2.05, 4.69) is 101 Å². The molecule has 5 aromatic rings. The SMILES string of the molecule is O=C(Cc1ccc(Cl)cc1)NCC1CCc2nc(C(c3ccccc3)(c3ccccc3)c3ccccc3)[nH]c2C1. The Bertz CT molecular complexity index is 1470. The number of carbonyl (C=O) groups excluding carboxylic acids is 1. The van der Waals surface area contributed by atoms with E-state index in [4.69, 9.17) is 16.6 Å². The Morgan fingerprint density at radius 2 is 1.38 bits per heavy atom. The van der Waals surface area contributed by atoms with Gasteiger partial charge in [0.25, 0.3) is 0 Å². The monoisotopic (exact) mass is 545 g/mol. The van der Waals surface area contributed by atoms with Crippen molar-refractivity contribution >= 4 is 17.5 Å². The second kappa shape index (κ2) is 11.5. The second-order valence-corrected chi connectivity index (χ2v) is 11.0. The van der Waals surface area contributed by atoms with Gasteiger partial charge in [-0.3, -0.25) is 4.79 Å². The Morgan fingerprint density at radius 1 is 0.825 bits per heavy atom. The average molecular weight is 546 g/mol. The summed E-state index contributed by atoms with van der Waals surface area (Å²) >= 11 is 5.98. The molecule has 0 spiro atoms. The third-order valence-electron chi connectivity index (χ3n) is 7.99. The van der Waals surface area contributed by atoms with Gasteiger partial charge in [-0.2, -0.15) is 0 Å². The van der Waals surface area contributed by atoms with Crippen molar-refractivity contribution in [2.75, 3.05) is 6.54 Å². The van der Waals surface area contributed by atoms with E-state index in [-0.39, 0.29) is 5.91 Å². The minimum absolute atomic E-state index is 0.0367. The van der Waals surface area contributed by atoms with Crippen molar-refractivity contribution < 1.29 is 4.79 Å². The number of hydrogen-bond donors (Lipinski definition) is 2. The molecule has 0 saturated heterocycles. The highest BCUT2D eigenvalue weighted by atomic mass is 35.5. The molecule has 0 radical (unpaired) electrons. The first kappa shape index (κ1) is 26.1. The molecule has 1 atom stereocenters. The predicted molar refractivity (Wildman–Crippen MR) is 161 cm³/mol. The number of hydrogen-bond acceptors (Lipinski definition) is 2. The zero-order valence-corrected chi connectivity index (χ0v) is 23.1. The minimum Gasteiger partial charge on any atom is -0.356 e. The number of imidazole rings is 1. The van der Waals surface area contributed by atoms with Crippen molar-refractivity contribution in [2.45, 2.75) is 31.1 Å². The molecule has 40 heavy (non-hydrogen) atoms. The molecule has 0 saturated carbocycles. The zero-order valence-electron chi connectivity index (χ0n) is 22.3. The van der Waals surface area contributed by atoms with E-state index in [1.807, 2.05) is 24.3 Å². The van der Waals surface area contributed by atoms with Crippen molar-refractivity contribution in [3.8, 4) is 0 Å². The number of amides is 1. The molecule has 6 rings (SSSR count). The number of nitrogens with one attached hydrogen (secondary N) is 2. The number of aromatic amines is 1. The lowest BCUT2D eigenvalue weighted by Gasteiger charge is -2.34. The van der Waals surface area contributed by atoms with Crippen LogP contribution in [-0.2, 0) is 29.5 Å². The Balaban J connectivity index is 1.29.